The van der Waals surface area contributed by atoms with Gasteiger partial charge in [-0.3, -0.25) is 9.59 Å². The van der Waals surface area contributed by atoms with E-state index in [0.29, 0.717) is 5.56 Å². The summed E-state index contributed by atoms with van der Waals surface area (Å²) in [6.07, 6.45) is -0.207. The number of carboxylic acids is 1. The van der Waals surface area contributed by atoms with Crippen molar-refractivity contribution < 1.29 is 14.7 Å². The second kappa shape index (κ2) is 5.58. The van der Waals surface area contributed by atoms with Crippen molar-refractivity contribution >= 4 is 33.3 Å². The molecule has 4 nitrogen and oxygen atoms in total. The Hall–Kier alpha value is -2.72. The molecule has 0 radical (unpaired) electrons. The van der Waals surface area contributed by atoms with Gasteiger partial charge in [0.15, 0.2) is 5.78 Å². The molecule has 1 atom stereocenters. The van der Waals surface area contributed by atoms with Crippen LogP contribution in [0.15, 0.2) is 54.6 Å². The zero-order chi connectivity index (χ0) is 15.7. The molecular formula is C18H15NO3. The van der Waals surface area contributed by atoms with Crippen molar-refractivity contribution in [2.24, 2.45) is 5.73 Å². The maximum atomic E-state index is 12.4. The first-order valence-electron chi connectivity index (χ1n) is 6.99. The van der Waals surface area contributed by atoms with Gasteiger partial charge in [0.2, 0.25) is 0 Å². The number of carboxylic acid groups (broad SMARTS) is 1. The van der Waals surface area contributed by atoms with Crippen LogP contribution in [-0.2, 0) is 4.79 Å². The zero-order valence-corrected chi connectivity index (χ0v) is 11.8. The number of hydrogen-bond acceptors (Lipinski definition) is 3. The van der Waals surface area contributed by atoms with E-state index in [2.05, 4.69) is 0 Å². The second-order valence-corrected chi connectivity index (χ2v) is 5.30. The number of rotatable bonds is 4. The minimum absolute atomic E-state index is 0.207. The van der Waals surface area contributed by atoms with Gasteiger partial charge in [0.1, 0.15) is 6.04 Å². The molecule has 22 heavy (non-hydrogen) atoms. The summed E-state index contributed by atoms with van der Waals surface area (Å²) in [7, 11) is 0. The van der Waals surface area contributed by atoms with Crippen LogP contribution in [0.25, 0.3) is 21.5 Å². The molecule has 0 amide bonds. The highest BCUT2D eigenvalue weighted by Crippen LogP contribution is 2.26. The molecule has 0 saturated carbocycles. The molecule has 3 aromatic rings. The van der Waals surface area contributed by atoms with Crippen molar-refractivity contribution in [3.63, 3.8) is 0 Å². The molecule has 0 saturated heterocycles. The van der Waals surface area contributed by atoms with E-state index < -0.39 is 12.0 Å². The molecule has 0 heterocycles. The number of carbonyl (C=O) groups excluding carboxylic acids is 1. The molecule has 3 aromatic carbocycles. The standard InChI is InChI=1S/C18H15NO3/c19-16(18(21)22)10-17(20)14-7-3-6-13-8-11-4-1-2-5-12(11)9-15(13)14/h1-9,16H,10,19H2,(H,21,22)/t16-/m0/s1. The molecule has 3 rings (SSSR count). The summed E-state index contributed by atoms with van der Waals surface area (Å²) in [6.45, 7) is 0. The molecule has 0 bridgehead atoms. The number of benzene rings is 3. The number of Topliss-reactive ketones (excluding diaryl/α,β-unsaturated/α-hetero) is 1. The third kappa shape index (κ3) is 2.56. The average Bonchev–Trinajstić information content (AvgIpc) is 2.52. The topological polar surface area (TPSA) is 80.4 Å². The lowest BCUT2D eigenvalue weighted by molar-refractivity contribution is -0.138. The van der Waals surface area contributed by atoms with Crippen molar-refractivity contribution in [3.8, 4) is 0 Å². The summed E-state index contributed by atoms with van der Waals surface area (Å²) in [5.74, 6) is -1.42. The number of aliphatic carboxylic acids is 1. The largest absolute Gasteiger partial charge is 0.480 e. The van der Waals surface area contributed by atoms with Gasteiger partial charge in [-0.1, -0.05) is 42.5 Å². The minimum atomic E-state index is -1.18. The maximum absolute atomic E-state index is 12.4. The predicted octanol–water partition coefficient (Wildman–Crippen LogP) is 2.98. The van der Waals surface area contributed by atoms with Crippen LogP contribution in [0.4, 0.5) is 0 Å². The first kappa shape index (κ1) is 14.2. The van der Waals surface area contributed by atoms with E-state index in [-0.39, 0.29) is 12.2 Å². The third-order valence-electron chi connectivity index (χ3n) is 3.77. The van der Waals surface area contributed by atoms with E-state index in [0.717, 1.165) is 21.5 Å². The highest BCUT2D eigenvalue weighted by molar-refractivity contribution is 6.12. The Bertz CT molecular complexity index is 886. The first-order chi connectivity index (χ1) is 10.6. The molecule has 110 valence electrons. The fourth-order valence-corrected chi connectivity index (χ4v) is 2.61. The molecule has 0 aliphatic heterocycles. The number of hydrogen-bond donors (Lipinski definition) is 2. The Labute approximate surface area is 127 Å². The van der Waals surface area contributed by atoms with Crippen LogP contribution >= 0.6 is 0 Å². The van der Waals surface area contributed by atoms with E-state index in [1.54, 1.807) is 12.1 Å². The third-order valence-corrected chi connectivity index (χ3v) is 3.77. The highest BCUT2D eigenvalue weighted by atomic mass is 16.4. The van der Waals surface area contributed by atoms with Crippen LogP contribution in [-0.4, -0.2) is 22.9 Å². The lowest BCUT2D eigenvalue weighted by Crippen LogP contribution is -2.32. The number of carbonyl (C=O) groups is 2. The first-order valence-corrected chi connectivity index (χ1v) is 6.99. The quantitative estimate of drug-likeness (QED) is 0.572. The second-order valence-electron chi connectivity index (χ2n) is 5.30. The molecular weight excluding hydrogens is 278 g/mol. The lowest BCUT2D eigenvalue weighted by Gasteiger charge is -2.09. The summed E-state index contributed by atoms with van der Waals surface area (Å²) in [6, 6.07) is 16.2. The van der Waals surface area contributed by atoms with Crippen molar-refractivity contribution in [2.75, 3.05) is 0 Å². The van der Waals surface area contributed by atoms with E-state index in [1.165, 1.54) is 0 Å². The molecule has 0 aliphatic rings. The molecule has 0 fully saturated rings. The fraction of sp³-hybridized carbons (Fsp3) is 0.111. The van der Waals surface area contributed by atoms with E-state index in [1.807, 2.05) is 42.5 Å². The Morgan fingerprint density at radius 3 is 2.27 bits per heavy atom. The van der Waals surface area contributed by atoms with Gasteiger partial charge in [0, 0.05) is 12.0 Å². The van der Waals surface area contributed by atoms with Gasteiger partial charge < -0.3 is 10.8 Å². The Morgan fingerprint density at radius 2 is 1.59 bits per heavy atom. The summed E-state index contributed by atoms with van der Waals surface area (Å²) in [4.78, 5) is 23.2. The molecule has 0 aliphatic carbocycles. The maximum Gasteiger partial charge on any atom is 0.320 e. The molecule has 4 heteroatoms. The highest BCUT2D eigenvalue weighted by Gasteiger charge is 2.19. The van der Waals surface area contributed by atoms with Crippen LogP contribution in [0.3, 0.4) is 0 Å². The fourth-order valence-electron chi connectivity index (χ4n) is 2.61. The smallest absolute Gasteiger partial charge is 0.320 e. The summed E-state index contributed by atoms with van der Waals surface area (Å²) in [5.41, 5.74) is 5.98. The molecule has 0 unspecified atom stereocenters. The van der Waals surface area contributed by atoms with E-state index >= 15 is 0 Å². The zero-order valence-electron chi connectivity index (χ0n) is 11.8. The van der Waals surface area contributed by atoms with Crippen LogP contribution in [0.1, 0.15) is 16.8 Å². The predicted molar refractivity (Wildman–Crippen MR) is 86.0 cm³/mol. The van der Waals surface area contributed by atoms with Crippen molar-refractivity contribution in [1.82, 2.24) is 0 Å². The van der Waals surface area contributed by atoms with Crippen molar-refractivity contribution in [3.05, 3.63) is 60.2 Å². The monoisotopic (exact) mass is 293 g/mol. The van der Waals surface area contributed by atoms with Crippen LogP contribution < -0.4 is 5.73 Å². The van der Waals surface area contributed by atoms with E-state index in [4.69, 9.17) is 10.8 Å². The minimum Gasteiger partial charge on any atom is -0.480 e. The van der Waals surface area contributed by atoms with E-state index in [9.17, 15) is 9.59 Å². The Balaban J connectivity index is 2.11. The SMILES string of the molecule is N[C@@H](CC(=O)c1cccc2cc3ccccc3cc12)C(=O)O. The normalized spacial score (nSPS) is 12.4. The summed E-state index contributed by atoms with van der Waals surface area (Å²) in [5, 5.41) is 12.8. The van der Waals surface area contributed by atoms with Gasteiger partial charge in [0.25, 0.3) is 0 Å². The number of nitrogens with two attached hydrogens (primary N) is 1. The number of fused-ring (bicyclic) bond motifs is 2. The van der Waals surface area contributed by atoms with Crippen molar-refractivity contribution in [2.45, 2.75) is 12.5 Å². The van der Waals surface area contributed by atoms with Crippen LogP contribution in [0.2, 0.25) is 0 Å². The Kier molecular flexibility index (Phi) is 3.61. The number of ketones is 1. The van der Waals surface area contributed by atoms with Crippen molar-refractivity contribution in [1.29, 1.82) is 0 Å². The average molecular weight is 293 g/mol. The van der Waals surface area contributed by atoms with Crippen LogP contribution in [0.5, 0.6) is 0 Å². The molecule has 0 spiro atoms. The molecule has 3 N–H and O–H groups in total. The summed E-state index contributed by atoms with van der Waals surface area (Å²) < 4.78 is 0. The molecule has 0 aromatic heterocycles. The van der Waals surface area contributed by atoms with Gasteiger partial charge >= 0.3 is 5.97 Å². The van der Waals surface area contributed by atoms with Gasteiger partial charge in [-0.2, -0.15) is 0 Å². The van der Waals surface area contributed by atoms with Gasteiger partial charge in [-0.25, -0.2) is 0 Å². The lowest BCUT2D eigenvalue weighted by atomic mass is 9.95. The van der Waals surface area contributed by atoms with Crippen LogP contribution in [0, 0.1) is 0 Å². The Morgan fingerprint density at radius 1 is 0.955 bits per heavy atom. The van der Waals surface area contributed by atoms with Gasteiger partial charge in [-0.15, -0.1) is 0 Å². The summed E-state index contributed by atoms with van der Waals surface area (Å²) >= 11 is 0. The van der Waals surface area contributed by atoms with Gasteiger partial charge in [0.05, 0.1) is 0 Å². The van der Waals surface area contributed by atoms with Gasteiger partial charge in [-0.05, 0) is 33.7 Å².